The standard InChI is InChI=1S/C27H37FN2O5Si/c1-16-11-20-25(29-16)24(27(31)32)17(2)30(15-34-9-10-36(4,5)6)26(20)19-12-23(33-3)21(28)13-22(19)35-14-18-7-8-18/h11-13,18,26,29H,7-10,14-15H2,1-6H3,(H,31,32). The fourth-order valence-corrected chi connectivity index (χ4v) is 5.32. The number of aryl methyl sites for hydroxylation is 1. The fraction of sp³-hybridized carbons (Fsp3) is 0.519. The van der Waals surface area contributed by atoms with Crippen LogP contribution >= 0.6 is 0 Å². The molecule has 0 bridgehead atoms. The maximum Gasteiger partial charge on any atom is 0.339 e. The molecule has 1 fully saturated rings. The van der Waals surface area contributed by atoms with Crippen LogP contribution in [0.5, 0.6) is 11.5 Å². The molecular formula is C27H37FN2O5Si. The number of nitrogens with zero attached hydrogens (tertiary/aromatic N) is 1. The first-order chi connectivity index (χ1) is 17.0. The zero-order valence-corrected chi connectivity index (χ0v) is 23.0. The molecule has 0 saturated heterocycles. The van der Waals surface area contributed by atoms with Gasteiger partial charge in [-0.3, -0.25) is 0 Å². The van der Waals surface area contributed by atoms with Gasteiger partial charge < -0.3 is 29.2 Å². The number of allylic oxidation sites excluding steroid dienone is 1. The van der Waals surface area contributed by atoms with E-state index in [2.05, 4.69) is 24.6 Å². The van der Waals surface area contributed by atoms with Crippen molar-refractivity contribution in [2.24, 2.45) is 5.92 Å². The molecule has 1 aromatic heterocycles. The average molecular weight is 517 g/mol. The first-order valence-corrected chi connectivity index (χ1v) is 16.2. The molecule has 196 valence electrons. The summed E-state index contributed by atoms with van der Waals surface area (Å²) in [4.78, 5) is 17.5. The maximum absolute atomic E-state index is 14.8. The van der Waals surface area contributed by atoms with Crippen molar-refractivity contribution in [1.82, 2.24) is 9.88 Å². The number of aromatic amines is 1. The van der Waals surface area contributed by atoms with E-state index in [4.69, 9.17) is 14.2 Å². The van der Waals surface area contributed by atoms with E-state index in [0.717, 1.165) is 30.1 Å². The molecule has 1 saturated carbocycles. The van der Waals surface area contributed by atoms with Crippen LogP contribution in [0.15, 0.2) is 23.9 Å². The second-order valence-electron chi connectivity index (χ2n) is 11.0. The fourth-order valence-electron chi connectivity index (χ4n) is 4.57. The molecule has 0 radical (unpaired) electrons. The zero-order chi connectivity index (χ0) is 26.2. The summed E-state index contributed by atoms with van der Waals surface area (Å²) in [5.74, 6) is -0.468. The van der Waals surface area contributed by atoms with E-state index in [-0.39, 0.29) is 18.1 Å². The van der Waals surface area contributed by atoms with Crippen LogP contribution in [0.2, 0.25) is 25.7 Å². The highest BCUT2D eigenvalue weighted by atomic mass is 28.3. The number of H-pyrrole nitrogens is 1. The molecule has 1 atom stereocenters. The van der Waals surface area contributed by atoms with Crippen molar-refractivity contribution in [1.29, 1.82) is 0 Å². The van der Waals surface area contributed by atoms with Crippen molar-refractivity contribution in [2.45, 2.75) is 58.4 Å². The number of rotatable bonds is 11. The lowest BCUT2D eigenvalue weighted by Crippen LogP contribution is -2.36. The normalized spacial score (nSPS) is 17.9. The smallest absolute Gasteiger partial charge is 0.339 e. The van der Waals surface area contributed by atoms with Gasteiger partial charge in [0, 0.05) is 43.3 Å². The number of carboxylic acid groups (broad SMARTS) is 1. The Hall–Kier alpha value is -2.78. The summed E-state index contributed by atoms with van der Waals surface area (Å²) in [5.41, 5.74) is 3.68. The number of halogens is 1. The van der Waals surface area contributed by atoms with Crippen molar-refractivity contribution in [2.75, 3.05) is 27.1 Å². The number of hydrogen-bond acceptors (Lipinski definition) is 5. The molecule has 9 heteroatoms. The van der Waals surface area contributed by atoms with E-state index >= 15 is 0 Å². The molecule has 1 aromatic carbocycles. The minimum atomic E-state index is -1.30. The Morgan fingerprint density at radius 2 is 1.89 bits per heavy atom. The van der Waals surface area contributed by atoms with Crippen LogP contribution in [-0.2, 0) is 9.53 Å². The number of carbonyl (C=O) groups is 1. The molecular weight excluding hydrogens is 479 g/mol. The van der Waals surface area contributed by atoms with Gasteiger partial charge in [-0.25, -0.2) is 9.18 Å². The van der Waals surface area contributed by atoms with Crippen molar-refractivity contribution in [3.8, 4) is 11.5 Å². The van der Waals surface area contributed by atoms with Gasteiger partial charge in [0.25, 0.3) is 0 Å². The van der Waals surface area contributed by atoms with Gasteiger partial charge in [-0.15, -0.1) is 0 Å². The van der Waals surface area contributed by atoms with Crippen LogP contribution < -0.4 is 9.47 Å². The molecule has 2 heterocycles. The molecule has 2 N–H and O–H groups in total. The lowest BCUT2D eigenvalue weighted by molar-refractivity contribution is -0.130. The van der Waals surface area contributed by atoms with Crippen LogP contribution in [0.25, 0.3) is 5.57 Å². The summed E-state index contributed by atoms with van der Waals surface area (Å²) in [6.07, 6.45) is 2.22. The Labute approximate surface area is 213 Å². The molecule has 36 heavy (non-hydrogen) atoms. The van der Waals surface area contributed by atoms with E-state index in [1.807, 2.05) is 17.9 Å². The zero-order valence-electron chi connectivity index (χ0n) is 22.0. The Balaban J connectivity index is 1.81. The number of carboxylic acids is 1. The van der Waals surface area contributed by atoms with E-state index < -0.39 is 25.9 Å². The average Bonchev–Trinajstić information content (AvgIpc) is 3.54. The van der Waals surface area contributed by atoms with Crippen molar-refractivity contribution in [3.63, 3.8) is 0 Å². The summed E-state index contributed by atoms with van der Waals surface area (Å²) in [6.45, 7) is 11.9. The van der Waals surface area contributed by atoms with Crippen molar-refractivity contribution >= 4 is 19.6 Å². The van der Waals surface area contributed by atoms with Gasteiger partial charge in [-0.05, 0) is 50.8 Å². The third-order valence-electron chi connectivity index (χ3n) is 6.82. The van der Waals surface area contributed by atoms with Crippen LogP contribution in [0.4, 0.5) is 4.39 Å². The molecule has 7 nitrogen and oxygen atoms in total. The number of nitrogens with one attached hydrogen (secondary N) is 1. The van der Waals surface area contributed by atoms with Crippen LogP contribution in [0.3, 0.4) is 0 Å². The minimum Gasteiger partial charge on any atom is -0.494 e. The molecule has 1 unspecified atom stereocenters. The van der Waals surface area contributed by atoms with Crippen molar-refractivity contribution < 1.29 is 28.5 Å². The third kappa shape index (κ3) is 5.62. The molecule has 0 spiro atoms. The number of hydrogen-bond donors (Lipinski definition) is 2. The predicted octanol–water partition coefficient (Wildman–Crippen LogP) is 5.79. The second-order valence-corrected chi connectivity index (χ2v) is 16.7. The Morgan fingerprint density at radius 3 is 2.50 bits per heavy atom. The lowest BCUT2D eigenvalue weighted by Gasteiger charge is -2.39. The monoisotopic (exact) mass is 516 g/mol. The highest BCUT2D eigenvalue weighted by Crippen LogP contribution is 2.47. The first-order valence-electron chi connectivity index (χ1n) is 12.5. The minimum absolute atomic E-state index is 0.114. The van der Waals surface area contributed by atoms with Crippen LogP contribution in [0.1, 0.15) is 48.3 Å². The second kappa shape index (κ2) is 10.3. The highest BCUT2D eigenvalue weighted by molar-refractivity contribution is 6.76. The van der Waals surface area contributed by atoms with Gasteiger partial charge in [-0.1, -0.05) is 19.6 Å². The third-order valence-corrected chi connectivity index (χ3v) is 8.53. The number of aliphatic carboxylic acids is 1. The Morgan fingerprint density at radius 1 is 1.17 bits per heavy atom. The number of aromatic nitrogens is 1. The van der Waals surface area contributed by atoms with Crippen LogP contribution in [-0.4, -0.2) is 56.1 Å². The quantitative estimate of drug-likeness (QED) is 0.290. The number of benzene rings is 1. The molecule has 0 amide bonds. The van der Waals surface area contributed by atoms with E-state index in [1.54, 1.807) is 13.0 Å². The molecule has 1 aliphatic carbocycles. The molecule has 2 aromatic rings. The maximum atomic E-state index is 14.8. The number of methoxy groups -OCH3 is 1. The topological polar surface area (TPSA) is 84.0 Å². The van der Waals surface area contributed by atoms with E-state index in [0.29, 0.717) is 41.8 Å². The SMILES string of the molecule is COc1cc(C2c3cc(C)[nH]c3C(C(=O)O)=C(C)N2COCC[Si](C)(C)C)c(OCC2CC2)cc1F. The summed E-state index contributed by atoms with van der Waals surface area (Å²) < 4.78 is 32.4. The predicted molar refractivity (Wildman–Crippen MR) is 140 cm³/mol. The van der Waals surface area contributed by atoms with Crippen LogP contribution in [0, 0.1) is 18.7 Å². The van der Waals surface area contributed by atoms with Gasteiger partial charge in [0.05, 0.1) is 25.5 Å². The van der Waals surface area contributed by atoms with E-state index in [1.165, 1.54) is 13.2 Å². The first kappa shape index (κ1) is 26.3. The summed E-state index contributed by atoms with van der Waals surface area (Å²) >= 11 is 0. The van der Waals surface area contributed by atoms with E-state index in [9.17, 15) is 14.3 Å². The molecule has 1 aliphatic heterocycles. The van der Waals surface area contributed by atoms with Gasteiger partial charge in [0.2, 0.25) is 0 Å². The number of fused-ring (bicyclic) bond motifs is 1. The molecule has 4 rings (SSSR count). The van der Waals surface area contributed by atoms with Crippen molar-refractivity contribution in [3.05, 3.63) is 52.2 Å². The highest BCUT2D eigenvalue weighted by Gasteiger charge is 2.38. The lowest BCUT2D eigenvalue weighted by atomic mass is 9.89. The largest absolute Gasteiger partial charge is 0.494 e. The summed E-state index contributed by atoms with van der Waals surface area (Å²) in [6, 6.07) is 5.55. The van der Waals surface area contributed by atoms with Gasteiger partial charge in [0.15, 0.2) is 11.6 Å². The number of ether oxygens (including phenoxy) is 3. The Kier molecular flexibility index (Phi) is 7.52. The summed E-state index contributed by atoms with van der Waals surface area (Å²) in [5, 5.41) is 10.1. The molecule has 2 aliphatic rings. The van der Waals surface area contributed by atoms with Gasteiger partial charge in [-0.2, -0.15) is 0 Å². The summed E-state index contributed by atoms with van der Waals surface area (Å²) in [7, 11) is 0.131. The Bertz CT molecular complexity index is 1170. The van der Waals surface area contributed by atoms with Gasteiger partial charge >= 0.3 is 5.97 Å². The van der Waals surface area contributed by atoms with Gasteiger partial charge in [0.1, 0.15) is 18.1 Å².